The molecule has 0 radical (unpaired) electrons. The van der Waals surface area contributed by atoms with Crippen LogP contribution in [-0.4, -0.2) is 35.6 Å². The summed E-state index contributed by atoms with van der Waals surface area (Å²) in [5.41, 5.74) is -0.445. The van der Waals surface area contributed by atoms with Gasteiger partial charge in [-0.3, -0.25) is 9.69 Å². The molecule has 0 spiro atoms. The first-order valence-electron chi connectivity index (χ1n) is 4.30. The molecule has 0 bridgehead atoms. The van der Waals surface area contributed by atoms with Crippen LogP contribution in [0.15, 0.2) is 0 Å². The minimum atomic E-state index is -0.445. The quantitative estimate of drug-likeness (QED) is 0.590. The summed E-state index contributed by atoms with van der Waals surface area (Å²) < 4.78 is 5.56. The van der Waals surface area contributed by atoms with Gasteiger partial charge in [-0.05, 0) is 34.7 Å². The summed E-state index contributed by atoms with van der Waals surface area (Å²) in [6.07, 6.45) is 0.0175. The first-order chi connectivity index (χ1) is 5.40. The van der Waals surface area contributed by atoms with Crippen molar-refractivity contribution in [2.24, 2.45) is 0 Å². The van der Waals surface area contributed by atoms with Crippen LogP contribution in [0.25, 0.3) is 0 Å². The van der Waals surface area contributed by atoms with Crippen molar-refractivity contribution in [3.63, 3.8) is 0 Å². The fourth-order valence-corrected chi connectivity index (χ4v) is 1.72. The lowest BCUT2D eigenvalue weighted by molar-refractivity contribution is -0.127. The smallest absolute Gasteiger partial charge is 0.152 e. The molecule has 1 fully saturated rings. The van der Waals surface area contributed by atoms with Crippen molar-refractivity contribution in [2.75, 3.05) is 7.05 Å². The Morgan fingerprint density at radius 1 is 1.50 bits per heavy atom. The standard InChI is InChI=1S/C9H17NO2/c1-6(11)9(4)7(2)12-8(3)10(9)5/h7-8H,1-5H3. The molecule has 70 valence electrons. The van der Waals surface area contributed by atoms with Gasteiger partial charge in [-0.2, -0.15) is 0 Å². The van der Waals surface area contributed by atoms with E-state index in [9.17, 15) is 4.79 Å². The molecule has 1 heterocycles. The van der Waals surface area contributed by atoms with Crippen molar-refractivity contribution in [2.45, 2.75) is 45.6 Å². The summed E-state index contributed by atoms with van der Waals surface area (Å²) in [5, 5.41) is 0. The Morgan fingerprint density at radius 2 is 2.00 bits per heavy atom. The minimum absolute atomic E-state index is 0.0185. The van der Waals surface area contributed by atoms with Gasteiger partial charge in [0.15, 0.2) is 5.78 Å². The summed E-state index contributed by atoms with van der Waals surface area (Å²) in [6.45, 7) is 7.46. The van der Waals surface area contributed by atoms with Crippen LogP contribution in [0.5, 0.6) is 0 Å². The maximum Gasteiger partial charge on any atom is 0.152 e. The highest BCUT2D eigenvalue weighted by Crippen LogP contribution is 2.31. The molecule has 0 aliphatic carbocycles. The fourth-order valence-electron chi connectivity index (χ4n) is 1.72. The van der Waals surface area contributed by atoms with Crippen molar-refractivity contribution >= 4 is 5.78 Å². The van der Waals surface area contributed by atoms with Crippen molar-refractivity contribution in [3.05, 3.63) is 0 Å². The van der Waals surface area contributed by atoms with E-state index in [2.05, 4.69) is 0 Å². The lowest BCUT2D eigenvalue weighted by Gasteiger charge is -2.31. The Hall–Kier alpha value is -0.410. The van der Waals surface area contributed by atoms with Gasteiger partial charge >= 0.3 is 0 Å². The van der Waals surface area contributed by atoms with Crippen LogP contribution in [0.3, 0.4) is 0 Å². The average molecular weight is 171 g/mol. The Labute approximate surface area is 73.7 Å². The van der Waals surface area contributed by atoms with Crippen molar-refractivity contribution in [1.82, 2.24) is 4.90 Å². The van der Waals surface area contributed by atoms with E-state index in [-0.39, 0.29) is 18.1 Å². The number of ether oxygens (including phenoxy) is 1. The van der Waals surface area contributed by atoms with Crippen LogP contribution >= 0.6 is 0 Å². The number of carbonyl (C=O) groups is 1. The molecule has 1 aliphatic heterocycles. The van der Waals surface area contributed by atoms with E-state index < -0.39 is 5.54 Å². The summed E-state index contributed by atoms with van der Waals surface area (Å²) in [4.78, 5) is 13.4. The number of Topliss-reactive ketones (excluding diaryl/α,β-unsaturated/α-hetero) is 1. The Morgan fingerprint density at radius 3 is 2.17 bits per heavy atom. The van der Waals surface area contributed by atoms with Crippen LogP contribution in [0.2, 0.25) is 0 Å². The topological polar surface area (TPSA) is 29.5 Å². The maximum atomic E-state index is 11.4. The molecule has 3 unspecified atom stereocenters. The molecule has 0 aromatic carbocycles. The third-order valence-corrected chi connectivity index (χ3v) is 3.18. The zero-order valence-corrected chi connectivity index (χ0v) is 8.42. The molecule has 0 aromatic heterocycles. The van der Waals surface area contributed by atoms with Gasteiger partial charge in [0.05, 0.1) is 6.10 Å². The number of nitrogens with zero attached hydrogens (tertiary/aromatic N) is 1. The molecular weight excluding hydrogens is 154 g/mol. The van der Waals surface area contributed by atoms with Gasteiger partial charge in [-0.25, -0.2) is 0 Å². The molecular formula is C9H17NO2. The number of rotatable bonds is 1. The number of likely N-dealkylation sites (N-methyl/N-ethyl adjacent to an activating group) is 1. The van der Waals surface area contributed by atoms with E-state index in [1.165, 1.54) is 0 Å². The summed E-state index contributed by atoms with van der Waals surface area (Å²) >= 11 is 0. The number of ketones is 1. The van der Waals surface area contributed by atoms with Gasteiger partial charge in [-0.1, -0.05) is 0 Å². The monoisotopic (exact) mass is 171 g/mol. The second-order valence-corrected chi connectivity index (χ2v) is 3.69. The number of carbonyl (C=O) groups excluding carboxylic acids is 1. The van der Waals surface area contributed by atoms with Gasteiger partial charge in [0.2, 0.25) is 0 Å². The van der Waals surface area contributed by atoms with E-state index in [0.29, 0.717) is 0 Å². The SMILES string of the molecule is CC(=O)C1(C)C(C)OC(C)N1C. The van der Waals surface area contributed by atoms with Gasteiger partial charge in [0.25, 0.3) is 0 Å². The van der Waals surface area contributed by atoms with E-state index in [0.717, 1.165) is 0 Å². The molecule has 3 heteroatoms. The van der Waals surface area contributed by atoms with E-state index in [1.54, 1.807) is 6.92 Å². The van der Waals surface area contributed by atoms with E-state index >= 15 is 0 Å². The number of hydrogen-bond acceptors (Lipinski definition) is 3. The fraction of sp³-hybridized carbons (Fsp3) is 0.889. The first kappa shape index (κ1) is 9.68. The first-order valence-corrected chi connectivity index (χ1v) is 4.30. The van der Waals surface area contributed by atoms with Crippen LogP contribution in [0, 0.1) is 0 Å². The van der Waals surface area contributed by atoms with Crippen LogP contribution in [0.1, 0.15) is 27.7 Å². The molecule has 0 aromatic rings. The van der Waals surface area contributed by atoms with Crippen LogP contribution in [-0.2, 0) is 9.53 Å². The third-order valence-electron chi connectivity index (χ3n) is 3.18. The van der Waals surface area contributed by atoms with Gasteiger partial charge in [-0.15, -0.1) is 0 Å². The minimum Gasteiger partial charge on any atom is -0.358 e. The number of hydrogen-bond donors (Lipinski definition) is 0. The molecule has 0 amide bonds. The highest BCUT2D eigenvalue weighted by molar-refractivity contribution is 5.86. The van der Waals surface area contributed by atoms with Crippen molar-refractivity contribution in [3.8, 4) is 0 Å². The van der Waals surface area contributed by atoms with Crippen LogP contribution in [0.4, 0.5) is 0 Å². The molecule has 0 saturated carbocycles. The molecule has 3 atom stereocenters. The Kier molecular flexibility index (Phi) is 2.27. The predicted octanol–water partition coefficient (Wildman–Crippen LogP) is 1.03. The molecule has 0 N–H and O–H groups in total. The van der Waals surface area contributed by atoms with Gasteiger partial charge in [0, 0.05) is 0 Å². The molecule has 1 rings (SSSR count). The molecule has 1 aliphatic rings. The largest absolute Gasteiger partial charge is 0.358 e. The third kappa shape index (κ3) is 1.08. The zero-order chi connectivity index (χ0) is 9.52. The highest BCUT2D eigenvalue weighted by Gasteiger charge is 2.48. The normalized spacial score (nSPS) is 43.4. The Bertz CT molecular complexity index is 205. The van der Waals surface area contributed by atoms with Crippen molar-refractivity contribution < 1.29 is 9.53 Å². The summed E-state index contributed by atoms with van der Waals surface area (Å²) in [5.74, 6) is 0.168. The molecule has 1 saturated heterocycles. The van der Waals surface area contributed by atoms with Crippen LogP contribution < -0.4 is 0 Å². The lowest BCUT2D eigenvalue weighted by Crippen LogP contribution is -2.51. The van der Waals surface area contributed by atoms with Gasteiger partial charge in [0.1, 0.15) is 11.8 Å². The molecule has 3 nitrogen and oxygen atoms in total. The van der Waals surface area contributed by atoms with E-state index in [4.69, 9.17) is 4.74 Å². The second kappa shape index (κ2) is 2.82. The predicted molar refractivity (Wildman–Crippen MR) is 46.9 cm³/mol. The lowest BCUT2D eigenvalue weighted by atomic mass is 9.91. The second-order valence-electron chi connectivity index (χ2n) is 3.69. The van der Waals surface area contributed by atoms with Crippen molar-refractivity contribution in [1.29, 1.82) is 0 Å². The maximum absolute atomic E-state index is 11.4. The van der Waals surface area contributed by atoms with E-state index in [1.807, 2.05) is 32.7 Å². The molecule has 12 heavy (non-hydrogen) atoms. The highest BCUT2D eigenvalue weighted by atomic mass is 16.5. The Balaban J connectivity index is 2.95. The summed E-state index contributed by atoms with van der Waals surface area (Å²) in [6, 6.07) is 0. The van der Waals surface area contributed by atoms with Gasteiger partial charge < -0.3 is 4.74 Å². The zero-order valence-electron chi connectivity index (χ0n) is 8.42. The average Bonchev–Trinajstić information content (AvgIpc) is 2.16. The summed E-state index contributed by atoms with van der Waals surface area (Å²) in [7, 11) is 1.93.